The Morgan fingerprint density at radius 1 is 0.767 bits per heavy atom. The summed E-state index contributed by atoms with van der Waals surface area (Å²) in [5, 5.41) is 9.02. The van der Waals surface area contributed by atoms with Gasteiger partial charge in [-0.25, -0.2) is 10.2 Å². The average molecular weight is 579 g/mol. The van der Waals surface area contributed by atoms with Crippen molar-refractivity contribution < 1.29 is 28.7 Å². The van der Waals surface area contributed by atoms with Crippen LogP contribution in [0.2, 0.25) is 0 Å². The first-order chi connectivity index (χ1) is 20.8. The van der Waals surface area contributed by atoms with Crippen LogP contribution in [-0.4, -0.2) is 36.5 Å². The third-order valence-electron chi connectivity index (χ3n) is 5.97. The number of carbonyl (C=O) groups is 4. The fraction of sp³-hybridized carbons (Fsp3) is 0.121. The summed E-state index contributed by atoms with van der Waals surface area (Å²) in [6.45, 7) is 4.55. The number of nitrogens with zero attached hydrogens (tertiary/aromatic N) is 1. The Hall–Kier alpha value is -5.77. The first-order valence-electron chi connectivity index (χ1n) is 13.5. The number of hydrazone groups is 1. The van der Waals surface area contributed by atoms with E-state index in [9.17, 15) is 19.2 Å². The van der Waals surface area contributed by atoms with Crippen molar-refractivity contribution in [1.29, 1.82) is 0 Å². The molecule has 10 nitrogen and oxygen atoms in total. The lowest BCUT2D eigenvalue weighted by molar-refractivity contribution is -0.136. The summed E-state index contributed by atoms with van der Waals surface area (Å²) < 4.78 is 10.9. The number of esters is 1. The summed E-state index contributed by atoms with van der Waals surface area (Å²) in [5.41, 5.74) is 5.11. The van der Waals surface area contributed by atoms with Gasteiger partial charge in [-0.2, -0.15) is 5.10 Å². The van der Waals surface area contributed by atoms with E-state index in [0.29, 0.717) is 34.9 Å². The number of hydrogen-bond donors (Lipinski definition) is 3. The molecule has 3 amide bonds. The molecule has 0 unspecified atom stereocenters. The number of hydrogen-bond acceptors (Lipinski definition) is 7. The van der Waals surface area contributed by atoms with E-state index in [0.717, 1.165) is 12.0 Å². The summed E-state index contributed by atoms with van der Waals surface area (Å²) >= 11 is 0. The molecule has 0 radical (unpaired) electrons. The van der Waals surface area contributed by atoms with Crippen LogP contribution in [0, 0.1) is 6.92 Å². The Morgan fingerprint density at radius 3 is 2.14 bits per heavy atom. The monoisotopic (exact) mass is 578 g/mol. The van der Waals surface area contributed by atoms with Gasteiger partial charge in [-0.1, -0.05) is 36.8 Å². The number of nitrogens with one attached hydrogen (secondary N) is 3. The molecule has 0 aliphatic carbocycles. The summed E-state index contributed by atoms with van der Waals surface area (Å²) in [4.78, 5) is 50.0. The second-order valence-electron chi connectivity index (χ2n) is 9.35. The number of rotatable bonds is 10. The summed E-state index contributed by atoms with van der Waals surface area (Å²) in [7, 11) is 0. The van der Waals surface area contributed by atoms with Crippen molar-refractivity contribution >= 4 is 41.3 Å². The second kappa shape index (κ2) is 14.7. The molecule has 0 fully saturated rings. The third-order valence-corrected chi connectivity index (χ3v) is 5.97. The van der Waals surface area contributed by atoms with Crippen molar-refractivity contribution in [3.8, 4) is 11.5 Å². The molecule has 0 aliphatic rings. The molecule has 3 N–H and O–H groups in total. The molecule has 4 aromatic rings. The Kier molecular flexibility index (Phi) is 10.4. The molecule has 0 spiro atoms. The fourth-order valence-electron chi connectivity index (χ4n) is 3.72. The maximum Gasteiger partial charge on any atom is 0.343 e. The lowest BCUT2D eigenvalue weighted by Crippen LogP contribution is -2.33. The van der Waals surface area contributed by atoms with Crippen LogP contribution in [0.3, 0.4) is 0 Å². The van der Waals surface area contributed by atoms with E-state index in [1.807, 2.05) is 26.0 Å². The van der Waals surface area contributed by atoms with E-state index in [-0.39, 0.29) is 11.3 Å². The van der Waals surface area contributed by atoms with Crippen LogP contribution < -0.4 is 25.5 Å². The van der Waals surface area contributed by atoms with Crippen molar-refractivity contribution in [1.82, 2.24) is 5.43 Å². The van der Waals surface area contributed by atoms with Crippen molar-refractivity contribution in [2.45, 2.75) is 20.3 Å². The van der Waals surface area contributed by atoms with Gasteiger partial charge in [0.25, 0.3) is 5.91 Å². The Bertz CT molecular complexity index is 1610. The van der Waals surface area contributed by atoms with Gasteiger partial charge in [0.05, 0.1) is 29.6 Å². The summed E-state index contributed by atoms with van der Waals surface area (Å²) in [5.74, 6) is -1.99. The molecule has 218 valence electrons. The first kappa shape index (κ1) is 30.2. The zero-order chi connectivity index (χ0) is 30.6. The standard InChI is InChI=1S/C33H30N4O6/c1-3-20-42-26-18-12-24(13-19-26)33(41)43-27-16-10-23(11-17-27)21-34-37-32(40)31(39)36-29-7-5-4-6-28(29)30(38)35-25-14-8-22(2)9-15-25/h4-19,21H,3,20H2,1-2H3,(H,35,38)(H,36,39)(H,37,40). The maximum atomic E-state index is 12.8. The van der Waals surface area contributed by atoms with Gasteiger partial charge in [-0.3, -0.25) is 14.4 Å². The molecule has 0 aromatic heterocycles. The average Bonchev–Trinajstić information content (AvgIpc) is 3.02. The predicted molar refractivity (Wildman–Crippen MR) is 164 cm³/mol. The van der Waals surface area contributed by atoms with Gasteiger partial charge in [0.15, 0.2) is 0 Å². The van der Waals surface area contributed by atoms with Crippen molar-refractivity contribution in [2.24, 2.45) is 5.10 Å². The largest absolute Gasteiger partial charge is 0.494 e. The first-order valence-corrected chi connectivity index (χ1v) is 13.5. The van der Waals surface area contributed by atoms with Gasteiger partial charge in [0.1, 0.15) is 11.5 Å². The van der Waals surface area contributed by atoms with Crippen molar-refractivity contribution in [2.75, 3.05) is 17.2 Å². The molecule has 10 heteroatoms. The molecule has 0 atom stereocenters. The molecule has 0 heterocycles. The number of anilines is 2. The highest BCUT2D eigenvalue weighted by atomic mass is 16.5. The molecule has 4 rings (SSSR count). The van der Waals surface area contributed by atoms with Gasteiger partial charge in [0.2, 0.25) is 0 Å². The van der Waals surface area contributed by atoms with Crippen molar-refractivity contribution in [3.63, 3.8) is 0 Å². The lowest BCUT2D eigenvalue weighted by Gasteiger charge is -2.11. The normalized spacial score (nSPS) is 10.6. The smallest absolute Gasteiger partial charge is 0.343 e. The summed E-state index contributed by atoms with van der Waals surface area (Å²) in [6.07, 6.45) is 2.22. The van der Waals surface area contributed by atoms with E-state index in [4.69, 9.17) is 9.47 Å². The van der Waals surface area contributed by atoms with Crippen LogP contribution in [0.15, 0.2) is 102 Å². The SMILES string of the molecule is CCCOc1ccc(C(=O)Oc2ccc(C=NNC(=O)C(=O)Nc3ccccc3C(=O)Nc3ccc(C)cc3)cc2)cc1. The van der Waals surface area contributed by atoms with E-state index in [2.05, 4.69) is 21.2 Å². The van der Waals surface area contributed by atoms with Crippen LogP contribution in [0.25, 0.3) is 0 Å². The number of amides is 3. The number of carbonyl (C=O) groups excluding carboxylic acids is 4. The maximum absolute atomic E-state index is 12.8. The fourth-order valence-corrected chi connectivity index (χ4v) is 3.72. The Morgan fingerprint density at radius 2 is 1.44 bits per heavy atom. The molecule has 0 bridgehead atoms. The van der Waals surface area contributed by atoms with Crippen LogP contribution in [-0.2, 0) is 9.59 Å². The van der Waals surface area contributed by atoms with E-state index in [1.54, 1.807) is 72.8 Å². The summed E-state index contributed by atoms with van der Waals surface area (Å²) in [6, 6.07) is 26.7. The number of para-hydroxylation sites is 1. The van der Waals surface area contributed by atoms with E-state index >= 15 is 0 Å². The van der Waals surface area contributed by atoms with Gasteiger partial charge in [-0.15, -0.1) is 0 Å². The van der Waals surface area contributed by atoms with Crippen molar-refractivity contribution in [3.05, 3.63) is 119 Å². The quantitative estimate of drug-likeness (QED) is 0.0764. The van der Waals surface area contributed by atoms with Crippen LogP contribution in [0.4, 0.5) is 11.4 Å². The zero-order valence-corrected chi connectivity index (χ0v) is 23.6. The highest BCUT2D eigenvalue weighted by Crippen LogP contribution is 2.19. The Balaban J connectivity index is 1.28. The van der Waals surface area contributed by atoms with Crippen LogP contribution in [0.1, 0.15) is 45.2 Å². The zero-order valence-electron chi connectivity index (χ0n) is 23.6. The molecule has 0 saturated heterocycles. The van der Waals surface area contributed by atoms with Crippen LogP contribution >= 0.6 is 0 Å². The molecule has 43 heavy (non-hydrogen) atoms. The van der Waals surface area contributed by atoms with Gasteiger partial charge in [0, 0.05) is 5.69 Å². The Labute approximate surface area is 248 Å². The number of benzene rings is 4. The van der Waals surface area contributed by atoms with Gasteiger partial charge >= 0.3 is 17.8 Å². The van der Waals surface area contributed by atoms with E-state index in [1.165, 1.54) is 18.3 Å². The molecule has 4 aromatic carbocycles. The molecule has 0 saturated carbocycles. The lowest BCUT2D eigenvalue weighted by atomic mass is 10.1. The van der Waals surface area contributed by atoms with Crippen LogP contribution in [0.5, 0.6) is 11.5 Å². The minimum Gasteiger partial charge on any atom is -0.494 e. The molecular weight excluding hydrogens is 548 g/mol. The highest BCUT2D eigenvalue weighted by Gasteiger charge is 2.18. The number of ether oxygens (including phenoxy) is 2. The van der Waals surface area contributed by atoms with E-state index < -0.39 is 23.7 Å². The highest BCUT2D eigenvalue weighted by molar-refractivity contribution is 6.40. The second-order valence-corrected chi connectivity index (χ2v) is 9.35. The number of aryl methyl sites for hydroxylation is 1. The van der Waals surface area contributed by atoms with Gasteiger partial charge < -0.3 is 20.1 Å². The third kappa shape index (κ3) is 8.86. The molecular formula is C33H30N4O6. The minimum absolute atomic E-state index is 0.169. The molecule has 0 aliphatic heterocycles. The van der Waals surface area contributed by atoms with Gasteiger partial charge in [-0.05, 0) is 91.7 Å². The predicted octanol–water partition coefficient (Wildman–Crippen LogP) is 5.34. The topological polar surface area (TPSA) is 135 Å². The minimum atomic E-state index is -1.03.